The predicted molar refractivity (Wildman–Crippen MR) is 90.8 cm³/mol. The molecule has 0 spiro atoms. The number of aryl methyl sites for hydroxylation is 1. The molecule has 0 bridgehead atoms. The van der Waals surface area contributed by atoms with Crippen LogP contribution in [0.3, 0.4) is 0 Å². The van der Waals surface area contributed by atoms with Crippen LogP contribution < -0.4 is 5.32 Å². The van der Waals surface area contributed by atoms with Crippen molar-refractivity contribution in [2.24, 2.45) is 0 Å². The van der Waals surface area contributed by atoms with Gasteiger partial charge in [0.1, 0.15) is 0 Å². The van der Waals surface area contributed by atoms with Crippen molar-refractivity contribution >= 4 is 0 Å². The maximum atomic E-state index is 3.72. The molecule has 1 atom stereocenters. The third-order valence-corrected chi connectivity index (χ3v) is 4.47. The lowest BCUT2D eigenvalue weighted by atomic mass is 10.0. The first kappa shape index (κ1) is 16.5. The fraction of sp³-hybridized carbons (Fsp3) is 0.667. The van der Waals surface area contributed by atoms with E-state index in [9.17, 15) is 0 Å². The molecule has 1 unspecified atom stereocenters. The highest BCUT2D eigenvalue weighted by Crippen LogP contribution is 2.16. The van der Waals surface area contributed by atoms with Crippen molar-refractivity contribution in [2.45, 2.75) is 33.2 Å². The van der Waals surface area contributed by atoms with E-state index in [1.807, 2.05) is 0 Å². The Balaban J connectivity index is 1.95. The summed E-state index contributed by atoms with van der Waals surface area (Å²) in [6.45, 7) is 14.9. The molecule has 0 aromatic heterocycles. The van der Waals surface area contributed by atoms with Crippen molar-refractivity contribution in [2.75, 3.05) is 45.8 Å². The van der Waals surface area contributed by atoms with Gasteiger partial charge in [-0.1, -0.05) is 43.7 Å². The van der Waals surface area contributed by atoms with Gasteiger partial charge in [0.25, 0.3) is 0 Å². The molecule has 3 heteroatoms. The number of likely N-dealkylation sites (N-methyl/N-ethyl adjacent to an activating group) is 1. The predicted octanol–water partition coefficient (Wildman–Crippen LogP) is 2.67. The van der Waals surface area contributed by atoms with Gasteiger partial charge in [-0.2, -0.15) is 0 Å². The number of piperazine rings is 1. The summed E-state index contributed by atoms with van der Waals surface area (Å²) in [6, 6.07) is 9.48. The first-order valence-electron chi connectivity index (χ1n) is 8.47. The third kappa shape index (κ3) is 5.10. The third-order valence-electron chi connectivity index (χ3n) is 4.47. The molecule has 0 radical (unpaired) electrons. The Morgan fingerprint density at radius 2 is 1.62 bits per heavy atom. The molecule has 1 saturated heterocycles. The molecule has 1 aliphatic rings. The number of nitrogens with zero attached hydrogens (tertiary/aromatic N) is 2. The largest absolute Gasteiger partial charge is 0.309 e. The molecule has 1 aromatic carbocycles. The number of rotatable bonds is 7. The second kappa shape index (κ2) is 8.52. The van der Waals surface area contributed by atoms with Gasteiger partial charge in [0.15, 0.2) is 0 Å². The van der Waals surface area contributed by atoms with Crippen LogP contribution in [0.15, 0.2) is 24.3 Å². The lowest BCUT2D eigenvalue weighted by Crippen LogP contribution is -2.48. The van der Waals surface area contributed by atoms with E-state index < -0.39 is 0 Å². The minimum atomic E-state index is 0.457. The minimum Gasteiger partial charge on any atom is -0.309 e. The minimum absolute atomic E-state index is 0.457. The Kier molecular flexibility index (Phi) is 6.68. The molecular formula is C18H31N3. The van der Waals surface area contributed by atoms with E-state index >= 15 is 0 Å². The van der Waals surface area contributed by atoms with E-state index in [0.717, 1.165) is 13.1 Å². The van der Waals surface area contributed by atoms with E-state index in [1.165, 1.54) is 50.3 Å². The van der Waals surface area contributed by atoms with Crippen LogP contribution in [0, 0.1) is 6.92 Å². The van der Waals surface area contributed by atoms with E-state index in [0.29, 0.717) is 6.04 Å². The van der Waals surface area contributed by atoms with Gasteiger partial charge in [0.05, 0.1) is 0 Å². The topological polar surface area (TPSA) is 18.5 Å². The van der Waals surface area contributed by atoms with Gasteiger partial charge in [-0.15, -0.1) is 0 Å². The van der Waals surface area contributed by atoms with Crippen molar-refractivity contribution in [1.29, 1.82) is 0 Å². The zero-order valence-corrected chi connectivity index (χ0v) is 13.9. The van der Waals surface area contributed by atoms with Crippen molar-refractivity contribution in [3.8, 4) is 0 Å². The molecule has 1 aromatic rings. The summed E-state index contributed by atoms with van der Waals surface area (Å²) in [7, 11) is 0. The molecule has 1 aliphatic heterocycles. The van der Waals surface area contributed by atoms with Crippen LogP contribution in [0.1, 0.15) is 37.4 Å². The first-order valence-corrected chi connectivity index (χ1v) is 8.47. The van der Waals surface area contributed by atoms with Crippen LogP contribution in [-0.2, 0) is 0 Å². The number of hydrogen-bond donors (Lipinski definition) is 1. The average Bonchev–Trinajstić information content (AvgIpc) is 2.53. The zero-order chi connectivity index (χ0) is 15.1. The summed E-state index contributed by atoms with van der Waals surface area (Å²) in [5.74, 6) is 0. The second-order valence-corrected chi connectivity index (χ2v) is 6.15. The van der Waals surface area contributed by atoms with Gasteiger partial charge in [0.2, 0.25) is 0 Å². The summed E-state index contributed by atoms with van der Waals surface area (Å²) in [4.78, 5) is 5.15. The molecule has 1 fully saturated rings. The molecule has 1 heterocycles. The maximum absolute atomic E-state index is 3.72. The van der Waals surface area contributed by atoms with Crippen molar-refractivity contribution in [3.05, 3.63) is 35.4 Å². The van der Waals surface area contributed by atoms with Gasteiger partial charge in [-0.3, -0.25) is 4.90 Å². The van der Waals surface area contributed by atoms with E-state index in [1.54, 1.807) is 0 Å². The van der Waals surface area contributed by atoms with Crippen LogP contribution in [0.2, 0.25) is 0 Å². The van der Waals surface area contributed by atoms with E-state index in [-0.39, 0.29) is 0 Å². The summed E-state index contributed by atoms with van der Waals surface area (Å²) in [5, 5.41) is 3.72. The molecule has 118 valence electrons. The second-order valence-electron chi connectivity index (χ2n) is 6.15. The molecule has 0 aliphatic carbocycles. The van der Waals surface area contributed by atoms with Crippen LogP contribution >= 0.6 is 0 Å². The summed E-state index contributed by atoms with van der Waals surface area (Å²) in [6.07, 6.45) is 1.19. The molecule has 21 heavy (non-hydrogen) atoms. The van der Waals surface area contributed by atoms with Crippen LogP contribution in [-0.4, -0.2) is 55.6 Å². The smallest absolute Gasteiger partial charge is 0.0449 e. The molecule has 3 nitrogen and oxygen atoms in total. The Labute approximate surface area is 130 Å². The van der Waals surface area contributed by atoms with Crippen molar-refractivity contribution in [3.63, 3.8) is 0 Å². The lowest BCUT2D eigenvalue weighted by molar-refractivity contribution is 0.127. The fourth-order valence-corrected chi connectivity index (χ4v) is 2.95. The summed E-state index contributed by atoms with van der Waals surface area (Å²) < 4.78 is 0. The Hall–Kier alpha value is -0.900. The Morgan fingerprint density at radius 3 is 2.19 bits per heavy atom. The number of benzene rings is 1. The number of nitrogens with one attached hydrogen (secondary N) is 1. The monoisotopic (exact) mass is 289 g/mol. The highest BCUT2D eigenvalue weighted by molar-refractivity contribution is 5.24. The van der Waals surface area contributed by atoms with Gasteiger partial charge in [0, 0.05) is 38.8 Å². The summed E-state index contributed by atoms with van der Waals surface area (Å²) >= 11 is 0. The van der Waals surface area contributed by atoms with Gasteiger partial charge < -0.3 is 10.2 Å². The Morgan fingerprint density at radius 1 is 1.00 bits per heavy atom. The number of hydrogen-bond acceptors (Lipinski definition) is 3. The van der Waals surface area contributed by atoms with Gasteiger partial charge in [-0.25, -0.2) is 0 Å². The van der Waals surface area contributed by atoms with E-state index in [2.05, 4.69) is 60.2 Å². The van der Waals surface area contributed by atoms with Crippen LogP contribution in [0.4, 0.5) is 0 Å². The van der Waals surface area contributed by atoms with E-state index in [4.69, 9.17) is 0 Å². The summed E-state index contributed by atoms with van der Waals surface area (Å²) in [5.41, 5.74) is 2.76. The van der Waals surface area contributed by atoms with Gasteiger partial charge >= 0.3 is 0 Å². The maximum Gasteiger partial charge on any atom is 0.0449 e. The zero-order valence-electron chi connectivity index (χ0n) is 13.9. The van der Waals surface area contributed by atoms with Crippen LogP contribution in [0.25, 0.3) is 0 Å². The van der Waals surface area contributed by atoms with Gasteiger partial charge in [-0.05, 0) is 32.0 Å². The lowest BCUT2D eigenvalue weighted by Gasteiger charge is -2.36. The Bertz CT molecular complexity index is 393. The molecular weight excluding hydrogens is 258 g/mol. The molecule has 0 amide bonds. The quantitative estimate of drug-likeness (QED) is 0.832. The molecule has 0 saturated carbocycles. The standard InChI is InChI=1S/C18H31N3/c1-4-10-19-18(17-8-6-16(3)7-9-17)15-21-13-11-20(5-2)12-14-21/h6-9,18-19H,4-5,10-15H2,1-3H3. The first-order chi connectivity index (χ1) is 10.2. The SMILES string of the molecule is CCCNC(CN1CCN(CC)CC1)c1ccc(C)cc1. The van der Waals surface area contributed by atoms with Crippen LogP contribution in [0.5, 0.6) is 0 Å². The normalized spacial score (nSPS) is 18.8. The average molecular weight is 289 g/mol. The van der Waals surface area contributed by atoms with Crippen molar-refractivity contribution in [1.82, 2.24) is 15.1 Å². The highest BCUT2D eigenvalue weighted by atomic mass is 15.3. The fourth-order valence-electron chi connectivity index (χ4n) is 2.95. The van der Waals surface area contributed by atoms with Crippen molar-refractivity contribution < 1.29 is 0 Å². The molecule has 1 N–H and O–H groups in total. The highest BCUT2D eigenvalue weighted by Gasteiger charge is 2.19. The molecule has 2 rings (SSSR count).